The fourth-order valence-electron chi connectivity index (χ4n) is 2.34. The summed E-state index contributed by atoms with van der Waals surface area (Å²) in [5, 5.41) is 8.05. The van der Waals surface area contributed by atoms with Crippen LogP contribution < -0.4 is 11.1 Å². The molecule has 0 radical (unpaired) electrons. The maximum absolute atomic E-state index is 5.90. The molecule has 1 aromatic rings. The van der Waals surface area contributed by atoms with Gasteiger partial charge in [0.2, 0.25) is 0 Å². The van der Waals surface area contributed by atoms with Crippen molar-refractivity contribution in [2.75, 3.05) is 5.73 Å². The number of nitrogen functional groups attached to an aromatic ring is 1. The monoisotopic (exact) mass is 222 g/mol. The van der Waals surface area contributed by atoms with E-state index in [1.54, 1.807) is 0 Å². The summed E-state index contributed by atoms with van der Waals surface area (Å²) in [4.78, 5) is 0. The maximum Gasteiger partial charge on any atom is 0.122 e. The Morgan fingerprint density at radius 3 is 2.75 bits per heavy atom. The number of hydrogen-bond acceptors (Lipinski definition) is 3. The molecule has 0 atom stereocenters. The highest BCUT2D eigenvalue weighted by Crippen LogP contribution is 2.18. The largest absolute Gasteiger partial charge is 0.384 e. The van der Waals surface area contributed by atoms with E-state index in [1.807, 2.05) is 10.7 Å². The van der Waals surface area contributed by atoms with Crippen molar-refractivity contribution in [1.82, 2.24) is 15.1 Å². The Labute approximate surface area is 97.2 Å². The SMILES string of the molecule is CC(C)n1nc(CNC2CCCC2)cc1N. The van der Waals surface area contributed by atoms with Crippen LogP contribution in [0.2, 0.25) is 0 Å². The molecule has 0 aromatic carbocycles. The zero-order chi connectivity index (χ0) is 11.5. The third-order valence-corrected chi connectivity index (χ3v) is 3.23. The summed E-state index contributed by atoms with van der Waals surface area (Å²) in [6, 6.07) is 2.99. The lowest BCUT2D eigenvalue weighted by atomic mass is 10.2. The lowest BCUT2D eigenvalue weighted by molar-refractivity contribution is 0.499. The van der Waals surface area contributed by atoms with Crippen molar-refractivity contribution >= 4 is 5.82 Å². The number of nitrogens with zero attached hydrogens (tertiary/aromatic N) is 2. The van der Waals surface area contributed by atoms with Crippen molar-refractivity contribution in [3.05, 3.63) is 11.8 Å². The van der Waals surface area contributed by atoms with Crippen LogP contribution in [0.15, 0.2) is 6.07 Å². The third kappa shape index (κ3) is 2.55. The topological polar surface area (TPSA) is 55.9 Å². The molecule has 4 heteroatoms. The van der Waals surface area contributed by atoms with Crippen LogP contribution in [0.4, 0.5) is 5.82 Å². The minimum absolute atomic E-state index is 0.334. The van der Waals surface area contributed by atoms with Gasteiger partial charge in [0.25, 0.3) is 0 Å². The van der Waals surface area contributed by atoms with Crippen molar-refractivity contribution in [3.63, 3.8) is 0 Å². The first kappa shape index (κ1) is 11.5. The smallest absolute Gasteiger partial charge is 0.122 e. The van der Waals surface area contributed by atoms with Gasteiger partial charge in [-0.05, 0) is 26.7 Å². The Kier molecular flexibility index (Phi) is 3.49. The number of anilines is 1. The molecule has 1 fully saturated rings. The van der Waals surface area contributed by atoms with Crippen LogP contribution >= 0.6 is 0 Å². The number of nitrogens with two attached hydrogens (primary N) is 1. The predicted molar refractivity (Wildman–Crippen MR) is 66.1 cm³/mol. The van der Waals surface area contributed by atoms with Gasteiger partial charge in [0.1, 0.15) is 5.82 Å². The van der Waals surface area contributed by atoms with Crippen LogP contribution in [0.25, 0.3) is 0 Å². The quantitative estimate of drug-likeness (QED) is 0.820. The predicted octanol–water partition coefficient (Wildman–Crippen LogP) is 2.08. The molecule has 0 saturated heterocycles. The average molecular weight is 222 g/mol. The number of aromatic nitrogens is 2. The zero-order valence-electron chi connectivity index (χ0n) is 10.2. The van der Waals surface area contributed by atoms with Crippen LogP contribution in [0.3, 0.4) is 0 Å². The molecule has 0 bridgehead atoms. The van der Waals surface area contributed by atoms with Crippen molar-refractivity contribution < 1.29 is 0 Å². The van der Waals surface area contributed by atoms with Gasteiger partial charge in [0.05, 0.1) is 5.69 Å². The molecule has 1 saturated carbocycles. The first-order valence-corrected chi connectivity index (χ1v) is 6.24. The van der Waals surface area contributed by atoms with E-state index in [0.717, 1.165) is 18.1 Å². The molecule has 3 N–H and O–H groups in total. The van der Waals surface area contributed by atoms with Gasteiger partial charge >= 0.3 is 0 Å². The summed E-state index contributed by atoms with van der Waals surface area (Å²) < 4.78 is 1.88. The highest BCUT2D eigenvalue weighted by atomic mass is 15.3. The van der Waals surface area contributed by atoms with Gasteiger partial charge in [0.15, 0.2) is 0 Å². The second-order valence-electron chi connectivity index (χ2n) is 4.96. The molecule has 90 valence electrons. The Hall–Kier alpha value is -1.03. The normalized spacial score (nSPS) is 17.4. The lowest BCUT2D eigenvalue weighted by Gasteiger charge is -2.10. The fourth-order valence-corrected chi connectivity index (χ4v) is 2.34. The van der Waals surface area contributed by atoms with Crippen LogP contribution in [-0.4, -0.2) is 15.8 Å². The van der Waals surface area contributed by atoms with Crippen LogP contribution in [0, 0.1) is 0 Å². The lowest BCUT2D eigenvalue weighted by Crippen LogP contribution is -2.25. The van der Waals surface area contributed by atoms with Crippen molar-refractivity contribution in [2.24, 2.45) is 0 Å². The minimum Gasteiger partial charge on any atom is -0.384 e. The Morgan fingerprint density at radius 2 is 2.19 bits per heavy atom. The van der Waals surface area contributed by atoms with E-state index in [9.17, 15) is 0 Å². The summed E-state index contributed by atoms with van der Waals surface area (Å²) in [6.45, 7) is 5.03. The molecule has 1 aromatic heterocycles. The fraction of sp³-hybridized carbons (Fsp3) is 0.750. The molecule has 2 rings (SSSR count). The van der Waals surface area contributed by atoms with Gasteiger partial charge in [-0.25, -0.2) is 4.68 Å². The highest BCUT2D eigenvalue weighted by Gasteiger charge is 2.15. The molecule has 0 unspecified atom stereocenters. The minimum atomic E-state index is 0.334. The molecule has 1 aliphatic rings. The van der Waals surface area contributed by atoms with Crippen LogP contribution in [0.5, 0.6) is 0 Å². The van der Waals surface area contributed by atoms with Gasteiger partial charge in [0, 0.05) is 24.7 Å². The summed E-state index contributed by atoms with van der Waals surface area (Å²) in [6.07, 6.45) is 5.33. The summed E-state index contributed by atoms with van der Waals surface area (Å²) in [5.74, 6) is 0.762. The molecule has 0 aliphatic heterocycles. The number of hydrogen-bond donors (Lipinski definition) is 2. The molecule has 1 heterocycles. The van der Waals surface area contributed by atoms with Gasteiger partial charge in [-0.1, -0.05) is 12.8 Å². The second-order valence-corrected chi connectivity index (χ2v) is 4.96. The first-order valence-electron chi connectivity index (χ1n) is 6.24. The molecule has 1 aliphatic carbocycles. The molecule has 0 spiro atoms. The van der Waals surface area contributed by atoms with E-state index < -0.39 is 0 Å². The first-order chi connectivity index (χ1) is 7.66. The van der Waals surface area contributed by atoms with Gasteiger partial charge in [-0.3, -0.25) is 0 Å². The van der Waals surface area contributed by atoms with Crippen molar-refractivity contribution in [1.29, 1.82) is 0 Å². The molecule has 16 heavy (non-hydrogen) atoms. The van der Waals surface area contributed by atoms with E-state index in [2.05, 4.69) is 24.3 Å². The Bertz CT molecular complexity index is 337. The number of nitrogens with one attached hydrogen (secondary N) is 1. The van der Waals surface area contributed by atoms with E-state index in [4.69, 9.17) is 5.73 Å². The van der Waals surface area contributed by atoms with Crippen molar-refractivity contribution in [3.8, 4) is 0 Å². The molecule has 4 nitrogen and oxygen atoms in total. The maximum atomic E-state index is 5.90. The van der Waals surface area contributed by atoms with Gasteiger partial charge in [-0.15, -0.1) is 0 Å². The zero-order valence-corrected chi connectivity index (χ0v) is 10.2. The summed E-state index contributed by atoms with van der Waals surface area (Å²) in [7, 11) is 0. The molecular formula is C12H22N4. The Balaban J connectivity index is 1.91. The molecular weight excluding hydrogens is 200 g/mol. The van der Waals surface area contributed by atoms with Crippen molar-refractivity contribution in [2.45, 2.75) is 58.2 Å². The summed E-state index contributed by atoms with van der Waals surface area (Å²) in [5.41, 5.74) is 6.95. The van der Waals surface area contributed by atoms with E-state index >= 15 is 0 Å². The molecule has 0 amide bonds. The van der Waals surface area contributed by atoms with Gasteiger partial charge in [-0.2, -0.15) is 5.10 Å². The Morgan fingerprint density at radius 1 is 1.50 bits per heavy atom. The second kappa shape index (κ2) is 4.87. The van der Waals surface area contributed by atoms with E-state index in [-0.39, 0.29) is 0 Å². The van der Waals surface area contributed by atoms with E-state index in [1.165, 1.54) is 25.7 Å². The van der Waals surface area contributed by atoms with Crippen LogP contribution in [0.1, 0.15) is 51.3 Å². The third-order valence-electron chi connectivity index (χ3n) is 3.23. The van der Waals surface area contributed by atoms with Crippen LogP contribution in [-0.2, 0) is 6.54 Å². The summed E-state index contributed by atoms with van der Waals surface area (Å²) >= 11 is 0. The number of rotatable bonds is 4. The standard InChI is InChI=1S/C12H22N4/c1-9(2)16-12(13)7-11(15-16)8-14-10-5-3-4-6-10/h7,9-10,14H,3-6,8,13H2,1-2H3. The van der Waals surface area contributed by atoms with E-state index in [0.29, 0.717) is 12.1 Å². The van der Waals surface area contributed by atoms with Gasteiger partial charge < -0.3 is 11.1 Å². The highest BCUT2D eigenvalue weighted by molar-refractivity contribution is 5.31. The average Bonchev–Trinajstić information content (AvgIpc) is 2.83.